The Morgan fingerprint density at radius 1 is 1.35 bits per heavy atom. The van der Waals surface area contributed by atoms with E-state index in [0.29, 0.717) is 0 Å². The lowest BCUT2D eigenvalue weighted by atomic mass is 10.2. The number of aryl methyl sites for hydroxylation is 1. The first-order valence-electron chi connectivity index (χ1n) is 5.63. The van der Waals surface area contributed by atoms with Gasteiger partial charge in [-0.15, -0.1) is 0 Å². The van der Waals surface area contributed by atoms with E-state index in [1.165, 1.54) is 12.1 Å². The summed E-state index contributed by atoms with van der Waals surface area (Å²) in [5.74, 6) is 0.211. The fourth-order valence-electron chi connectivity index (χ4n) is 1.55. The molecule has 1 N–H and O–H groups in total. The normalized spacial score (nSPS) is 18.0. The van der Waals surface area contributed by atoms with Crippen molar-refractivity contribution < 1.29 is 17.7 Å². The molecule has 1 atom stereocenters. The van der Waals surface area contributed by atoms with Gasteiger partial charge in [-0.25, -0.2) is 0 Å². The molecule has 1 aromatic rings. The van der Waals surface area contributed by atoms with E-state index in [-0.39, 0.29) is 17.4 Å². The second-order valence-corrected chi connectivity index (χ2v) is 6.07. The van der Waals surface area contributed by atoms with E-state index in [4.69, 9.17) is 4.18 Å². The first-order valence-corrected chi connectivity index (χ1v) is 7.04. The lowest BCUT2D eigenvalue weighted by molar-refractivity contribution is 0.0923. The molecule has 5 heteroatoms. The first-order chi connectivity index (χ1) is 7.99. The van der Waals surface area contributed by atoms with Crippen LogP contribution >= 0.6 is 0 Å². The Balaban J connectivity index is 2.00. The van der Waals surface area contributed by atoms with Crippen LogP contribution in [0.2, 0.25) is 0 Å². The minimum atomic E-state index is -3.74. The molecule has 1 saturated carbocycles. The number of aliphatic hydroxyl groups excluding tert-OH is 1. The minimum absolute atomic E-state index is 0.131. The van der Waals surface area contributed by atoms with Crippen molar-refractivity contribution in [2.75, 3.05) is 6.61 Å². The summed E-state index contributed by atoms with van der Waals surface area (Å²) < 4.78 is 28.4. The molecule has 94 valence electrons. The van der Waals surface area contributed by atoms with Crippen molar-refractivity contribution in [3.8, 4) is 0 Å². The highest BCUT2D eigenvalue weighted by molar-refractivity contribution is 7.86. The molecule has 17 heavy (non-hydrogen) atoms. The fraction of sp³-hybridized carbons (Fsp3) is 0.500. The maximum atomic E-state index is 11.8. The largest absolute Gasteiger partial charge is 0.390 e. The van der Waals surface area contributed by atoms with Gasteiger partial charge in [-0.2, -0.15) is 8.42 Å². The van der Waals surface area contributed by atoms with E-state index in [2.05, 4.69) is 0 Å². The van der Waals surface area contributed by atoms with Crippen LogP contribution in [0.3, 0.4) is 0 Å². The quantitative estimate of drug-likeness (QED) is 0.810. The molecule has 0 aliphatic heterocycles. The number of rotatable bonds is 5. The summed E-state index contributed by atoms with van der Waals surface area (Å²) in [6, 6.07) is 6.45. The molecule has 4 nitrogen and oxygen atoms in total. The van der Waals surface area contributed by atoms with Gasteiger partial charge in [0.25, 0.3) is 10.1 Å². The predicted molar refractivity (Wildman–Crippen MR) is 63.0 cm³/mol. The third-order valence-corrected chi connectivity index (χ3v) is 4.17. The Labute approximate surface area is 101 Å². The average molecular weight is 256 g/mol. The average Bonchev–Trinajstić information content (AvgIpc) is 3.10. The first kappa shape index (κ1) is 12.5. The molecule has 0 aromatic heterocycles. The maximum absolute atomic E-state index is 11.8. The van der Waals surface area contributed by atoms with Gasteiger partial charge in [-0.1, -0.05) is 17.7 Å². The molecule has 2 rings (SSSR count). The zero-order valence-corrected chi connectivity index (χ0v) is 10.5. The van der Waals surface area contributed by atoms with Crippen LogP contribution in [0.5, 0.6) is 0 Å². The molecule has 1 aromatic carbocycles. The summed E-state index contributed by atoms with van der Waals surface area (Å²) in [7, 11) is -3.74. The van der Waals surface area contributed by atoms with Crippen molar-refractivity contribution in [2.45, 2.75) is 30.8 Å². The zero-order valence-electron chi connectivity index (χ0n) is 9.67. The highest BCUT2D eigenvalue weighted by Crippen LogP contribution is 2.32. The summed E-state index contributed by atoms with van der Waals surface area (Å²) in [5, 5.41) is 9.55. The number of hydrogen-bond donors (Lipinski definition) is 1. The molecule has 0 heterocycles. The van der Waals surface area contributed by atoms with Crippen molar-refractivity contribution in [1.82, 2.24) is 0 Å². The summed E-state index contributed by atoms with van der Waals surface area (Å²) >= 11 is 0. The molecule has 0 amide bonds. The Morgan fingerprint density at radius 2 is 1.94 bits per heavy atom. The monoisotopic (exact) mass is 256 g/mol. The van der Waals surface area contributed by atoms with Crippen LogP contribution in [0.25, 0.3) is 0 Å². The van der Waals surface area contributed by atoms with Gasteiger partial charge in [0.1, 0.15) is 0 Å². The highest BCUT2D eigenvalue weighted by Gasteiger charge is 2.31. The van der Waals surface area contributed by atoms with E-state index in [0.717, 1.165) is 18.4 Å². The van der Waals surface area contributed by atoms with E-state index < -0.39 is 16.2 Å². The molecular formula is C12H16O4S. The van der Waals surface area contributed by atoms with Gasteiger partial charge >= 0.3 is 0 Å². The fourth-order valence-corrected chi connectivity index (χ4v) is 2.47. The van der Waals surface area contributed by atoms with Gasteiger partial charge in [0.05, 0.1) is 17.6 Å². The topological polar surface area (TPSA) is 63.6 Å². The predicted octanol–water partition coefficient (Wildman–Crippen LogP) is 1.47. The summed E-state index contributed by atoms with van der Waals surface area (Å²) in [5.41, 5.74) is 0.988. The summed E-state index contributed by atoms with van der Waals surface area (Å²) in [6.45, 7) is 1.73. The van der Waals surface area contributed by atoms with Crippen molar-refractivity contribution in [3.05, 3.63) is 29.8 Å². The number of benzene rings is 1. The van der Waals surface area contributed by atoms with E-state index in [1.807, 2.05) is 6.92 Å². The van der Waals surface area contributed by atoms with Crippen molar-refractivity contribution >= 4 is 10.1 Å². The Hall–Kier alpha value is -0.910. The molecule has 0 spiro atoms. The van der Waals surface area contributed by atoms with Crippen LogP contribution in [0.15, 0.2) is 29.2 Å². The lowest BCUT2D eigenvalue weighted by Gasteiger charge is -2.10. The third-order valence-electron chi connectivity index (χ3n) is 2.87. The van der Waals surface area contributed by atoms with Gasteiger partial charge in [-0.05, 0) is 37.8 Å². The molecular weight excluding hydrogens is 240 g/mol. The van der Waals surface area contributed by atoms with Gasteiger partial charge in [-0.3, -0.25) is 4.18 Å². The van der Waals surface area contributed by atoms with Crippen LogP contribution in [-0.2, 0) is 14.3 Å². The van der Waals surface area contributed by atoms with Crippen LogP contribution in [0.4, 0.5) is 0 Å². The minimum Gasteiger partial charge on any atom is -0.390 e. The van der Waals surface area contributed by atoms with Gasteiger partial charge in [0, 0.05) is 0 Å². The van der Waals surface area contributed by atoms with E-state index in [1.54, 1.807) is 12.1 Å². The summed E-state index contributed by atoms with van der Waals surface area (Å²) in [4.78, 5) is 0.131. The van der Waals surface area contributed by atoms with Gasteiger partial charge < -0.3 is 5.11 Å². The van der Waals surface area contributed by atoms with Crippen molar-refractivity contribution in [3.63, 3.8) is 0 Å². The van der Waals surface area contributed by atoms with Crippen molar-refractivity contribution in [2.24, 2.45) is 5.92 Å². The Bertz CT molecular complexity index is 474. The van der Waals surface area contributed by atoms with E-state index in [9.17, 15) is 13.5 Å². The van der Waals surface area contributed by atoms with Crippen molar-refractivity contribution in [1.29, 1.82) is 0 Å². The van der Waals surface area contributed by atoms with Gasteiger partial charge in [0.2, 0.25) is 0 Å². The highest BCUT2D eigenvalue weighted by atomic mass is 32.2. The second-order valence-electron chi connectivity index (χ2n) is 4.46. The Kier molecular flexibility index (Phi) is 3.51. The Morgan fingerprint density at radius 3 is 2.47 bits per heavy atom. The molecule has 0 unspecified atom stereocenters. The third kappa shape index (κ3) is 3.28. The molecule has 1 fully saturated rings. The zero-order chi connectivity index (χ0) is 12.5. The maximum Gasteiger partial charge on any atom is 0.297 e. The van der Waals surface area contributed by atoms with Crippen LogP contribution in [0, 0.1) is 12.8 Å². The number of aliphatic hydroxyl groups is 1. The molecule has 0 saturated heterocycles. The van der Waals surface area contributed by atoms with Crippen LogP contribution in [-0.4, -0.2) is 26.2 Å². The molecule has 0 bridgehead atoms. The van der Waals surface area contributed by atoms with Crippen LogP contribution in [0.1, 0.15) is 18.4 Å². The molecule has 1 aliphatic rings. The molecule has 0 radical (unpaired) electrons. The van der Waals surface area contributed by atoms with Crippen LogP contribution < -0.4 is 0 Å². The second kappa shape index (κ2) is 4.76. The lowest BCUT2D eigenvalue weighted by Crippen LogP contribution is -2.20. The summed E-state index contributed by atoms with van der Waals surface area (Å²) in [6.07, 6.45) is 1.24. The SMILES string of the molecule is Cc1ccc(S(=O)(=O)OC[C@H](O)C2CC2)cc1. The standard InChI is InChI=1S/C12H16O4S/c1-9-2-6-11(7-3-9)17(14,15)16-8-12(13)10-4-5-10/h2-3,6-7,10,12-13H,4-5,8H2,1H3/t12-/m0/s1. The smallest absolute Gasteiger partial charge is 0.297 e. The van der Waals surface area contributed by atoms with E-state index >= 15 is 0 Å². The van der Waals surface area contributed by atoms with Gasteiger partial charge in [0.15, 0.2) is 0 Å². The number of hydrogen-bond acceptors (Lipinski definition) is 4. The molecule has 1 aliphatic carbocycles.